The van der Waals surface area contributed by atoms with Crippen molar-refractivity contribution >= 4 is 5.91 Å². The molecule has 0 bridgehead atoms. The lowest BCUT2D eigenvalue weighted by Gasteiger charge is -2.21. The van der Waals surface area contributed by atoms with Gasteiger partial charge in [0.05, 0.1) is 6.54 Å². The number of fused-ring (bicyclic) bond motifs is 1. The Bertz CT molecular complexity index is 301. The number of hydrogen-bond acceptors (Lipinski definition) is 3. The summed E-state index contributed by atoms with van der Waals surface area (Å²) in [5.74, 6) is 0.195. The summed E-state index contributed by atoms with van der Waals surface area (Å²) >= 11 is 0. The molecule has 2 saturated heterocycles. The van der Waals surface area contributed by atoms with E-state index in [-0.39, 0.29) is 5.91 Å². The normalized spacial score (nSPS) is 32.9. The first-order valence-corrected chi connectivity index (χ1v) is 7.60. The van der Waals surface area contributed by atoms with Crippen LogP contribution < -0.4 is 10.6 Å². The second kappa shape index (κ2) is 5.57. The first-order valence-electron chi connectivity index (χ1n) is 7.60. The van der Waals surface area contributed by atoms with Gasteiger partial charge in [0.2, 0.25) is 5.91 Å². The van der Waals surface area contributed by atoms with Crippen LogP contribution in [-0.2, 0) is 4.79 Å². The van der Waals surface area contributed by atoms with Crippen molar-refractivity contribution in [2.75, 3.05) is 19.6 Å². The summed E-state index contributed by atoms with van der Waals surface area (Å²) in [7, 11) is 0. The van der Waals surface area contributed by atoms with Gasteiger partial charge in [0.15, 0.2) is 0 Å². The van der Waals surface area contributed by atoms with Crippen molar-refractivity contribution in [1.29, 1.82) is 0 Å². The molecule has 3 rings (SSSR count). The second-order valence-corrected chi connectivity index (χ2v) is 6.07. The average molecular weight is 251 g/mol. The molecule has 2 heterocycles. The summed E-state index contributed by atoms with van der Waals surface area (Å²) in [5.41, 5.74) is 0. The summed E-state index contributed by atoms with van der Waals surface area (Å²) in [5, 5.41) is 6.62. The Hall–Kier alpha value is -0.610. The van der Waals surface area contributed by atoms with E-state index in [2.05, 4.69) is 15.5 Å². The molecule has 2 atom stereocenters. The van der Waals surface area contributed by atoms with Crippen LogP contribution in [0.1, 0.15) is 44.9 Å². The molecule has 0 spiro atoms. The second-order valence-electron chi connectivity index (χ2n) is 6.07. The first kappa shape index (κ1) is 12.4. The van der Waals surface area contributed by atoms with Crippen molar-refractivity contribution in [3.8, 4) is 0 Å². The smallest absolute Gasteiger partial charge is 0.234 e. The molecule has 4 nitrogen and oxygen atoms in total. The molecule has 2 unspecified atom stereocenters. The van der Waals surface area contributed by atoms with Crippen molar-refractivity contribution < 1.29 is 4.79 Å². The fraction of sp³-hybridized carbons (Fsp3) is 0.929. The molecule has 0 aromatic rings. The van der Waals surface area contributed by atoms with E-state index in [1.807, 2.05) is 0 Å². The van der Waals surface area contributed by atoms with Gasteiger partial charge in [-0.15, -0.1) is 0 Å². The third-order valence-corrected chi connectivity index (χ3v) is 4.86. The van der Waals surface area contributed by atoms with Crippen LogP contribution in [0.3, 0.4) is 0 Å². The number of rotatable bonds is 4. The highest BCUT2D eigenvalue weighted by Crippen LogP contribution is 2.27. The predicted molar refractivity (Wildman–Crippen MR) is 71.4 cm³/mol. The maximum absolute atomic E-state index is 12.0. The molecule has 3 fully saturated rings. The van der Waals surface area contributed by atoms with Crippen LogP contribution in [0.5, 0.6) is 0 Å². The van der Waals surface area contributed by atoms with Crippen molar-refractivity contribution in [2.24, 2.45) is 0 Å². The van der Waals surface area contributed by atoms with Crippen molar-refractivity contribution in [3.63, 3.8) is 0 Å². The van der Waals surface area contributed by atoms with E-state index in [0.29, 0.717) is 24.7 Å². The van der Waals surface area contributed by atoms with Gasteiger partial charge in [0.1, 0.15) is 0 Å². The van der Waals surface area contributed by atoms with Gasteiger partial charge in [-0.25, -0.2) is 0 Å². The van der Waals surface area contributed by atoms with Gasteiger partial charge in [-0.2, -0.15) is 0 Å². The van der Waals surface area contributed by atoms with Crippen LogP contribution in [0.15, 0.2) is 0 Å². The minimum absolute atomic E-state index is 0.195. The van der Waals surface area contributed by atoms with E-state index >= 15 is 0 Å². The minimum Gasteiger partial charge on any atom is -0.351 e. The lowest BCUT2D eigenvalue weighted by Crippen LogP contribution is -2.46. The number of hydrogen-bond donors (Lipinski definition) is 2. The van der Waals surface area contributed by atoms with Crippen LogP contribution in [0, 0.1) is 0 Å². The van der Waals surface area contributed by atoms with Crippen molar-refractivity contribution in [2.45, 2.75) is 63.1 Å². The van der Waals surface area contributed by atoms with E-state index in [4.69, 9.17) is 0 Å². The number of amides is 1. The number of nitrogens with one attached hydrogen (secondary N) is 2. The van der Waals surface area contributed by atoms with E-state index in [0.717, 1.165) is 6.42 Å². The summed E-state index contributed by atoms with van der Waals surface area (Å²) in [6.45, 7) is 2.91. The number of nitrogens with zero attached hydrogens (tertiary/aromatic N) is 1. The molecule has 102 valence electrons. The molecule has 1 aliphatic carbocycles. The standard InChI is InChI=1S/C14H25N3O/c18-14(10-15-11-4-1-2-5-11)16-12-7-9-17-8-3-6-13(12)17/h11-13,15H,1-10H2,(H,16,18). The Balaban J connectivity index is 1.40. The summed E-state index contributed by atoms with van der Waals surface area (Å²) < 4.78 is 0. The zero-order valence-electron chi connectivity index (χ0n) is 11.2. The maximum atomic E-state index is 12.0. The molecule has 0 radical (unpaired) electrons. The molecule has 4 heteroatoms. The van der Waals surface area contributed by atoms with Crippen molar-refractivity contribution in [1.82, 2.24) is 15.5 Å². The highest BCUT2D eigenvalue weighted by molar-refractivity contribution is 5.78. The minimum atomic E-state index is 0.195. The first-order chi connectivity index (χ1) is 8.83. The highest BCUT2D eigenvalue weighted by Gasteiger charge is 2.37. The molecule has 0 aromatic heterocycles. The predicted octanol–water partition coefficient (Wildman–Crippen LogP) is 0.871. The SMILES string of the molecule is O=C(CNC1CCCC1)NC1CCN2CCCC12. The van der Waals surface area contributed by atoms with Crippen LogP contribution in [-0.4, -0.2) is 48.6 Å². The van der Waals surface area contributed by atoms with Crippen molar-refractivity contribution in [3.05, 3.63) is 0 Å². The Morgan fingerprint density at radius 2 is 1.89 bits per heavy atom. The fourth-order valence-electron chi connectivity index (χ4n) is 3.88. The summed E-state index contributed by atoms with van der Waals surface area (Å²) in [6.07, 6.45) is 8.83. The van der Waals surface area contributed by atoms with Crippen LogP contribution >= 0.6 is 0 Å². The van der Waals surface area contributed by atoms with E-state index < -0.39 is 0 Å². The maximum Gasteiger partial charge on any atom is 0.234 e. The Morgan fingerprint density at radius 3 is 2.72 bits per heavy atom. The van der Waals surface area contributed by atoms with Crippen LogP contribution in [0.4, 0.5) is 0 Å². The molecule has 3 aliphatic rings. The van der Waals surface area contributed by atoms with E-state index in [1.54, 1.807) is 0 Å². The lowest BCUT2D eigenvalue weighted by molar-refractivity contribution is -0.121. The fourth-order valence-corrected chi connectivity index (χ4v) is 3.88. The zero-order chi connectivity index (χ0) is 12.4. The zero-order valence-corrected chi connectivity index (χ0v) is 11.2. The molecule has 1 amide bonds. The van der Waals surface area contributed by atoms with Gasteiger partial charge >= 0.3 is 0 Å². The van der Waals surface area contributed by atoms with Gasteiger partial charge in [-0.1, -0.05) is 12.8 Å². The lowest BCUT2D eigenvalue weighted by atomic mass is 10.1. The topological polar surface area (TPSA) is 44.4 Å². The highest BCUT2D eigenvalue weighted by atomic mass is 16.2. The van der Waals surface area contributed by atoms with E-state index in [9.17, 15) is 4.79 Å². The average Bonchev–Trinajstić information content (AvgIpc) is 3.05. The molecule has 2 aliphatic heterocycles. The van der Waals surface area contributed by atoms with Gasteiger partial charge in [-0.3, -0.25) is 9.69 Å². The molecule has 2 N–H and O–H groups in total. The van der Waals surface area contributed by atoms with Gasteiger partial charge in [0, 0.05) is 24.7 Å². The van der Waals surface area contributed by atoms with E-state index in [1.165, 1.54) is 51.6 Å². The van der Waals surface area contributed by atoms with Gasteiger partial charge < -0.3 is 10.6 Å². The molecule has 1 saturated carbocycles. The Morgan fingerprint density at radius 1 is 1.06 bits per heavy atom. The van der Waals surface area contributed by atoms with Crippen LogP contribution in [0.25, 0.3) is 0 Å². The molecule has 18 heavy (non-hydrogen) atoms. The van der Waals surface area contributed by atoms with Crippen LogP contribution in [0.2, 0.25) is 0 Å². The number of carbonyl (C=O) groups is 1. The Kier molecular flexibility index (Phi) is 3.85. The van der Waals surface area contributed by atoms with Gasteiger partial charge in [-0.05, 0) is 38.6 Å². The third kappa shape index (κ3) is 2.69. The Labute approximate surface area is 109 Å². The quantitative estimate of drug-likeness (QED) is 0.779. The van der Waals surface area contributed by atoms with Gasteiger partial charge in [0.25, 0.3) is 0 Å². The summed E-state index contributed by atoms with van der Waals surface area (Å²) in [6, 6.07) is 1.62. The molecule has 0 aromatic carbocycles. The molecular weight excluding hydrogens is 226 g/mol. The monoisotopic (exact) mass is 251 g/mol. The summed E-state index contributed by atoms with van der Waals surface area (Å²) in [4.78, 5) is 14.5. The molecular formula is C14H25N3O. The number of carbonyl (C=O) groups excluding carboxylic acids is 1. The third-order valence-electron chi connectivity index (χ3n) is 4.86. The largest absolute Gasteiger partial charge is 0.351 e.